The van der Waals surface area contributed by atoms with E-state index in [0.717, 1.165) is 57.8 Å². The van der Waals surface area contributed by atoms with Crippen molar-refractivity contribution >= 4 is 11.9 Å². The number of amides is 1. The fraction of sp³-hybridized carbons (Fsp3) is 0.851. The number of carbonyl (C=O) groups excluding carboxylic acids is 2. The van der Waals surface area contributed by atoms with Crippen LogP contribution in [0.2, 0.25) is 0 Å². The Morgan fingerprint density at radius 1 is 0.384 bits per heavy atom. The topological polar surface area (TPSA) is 95.9 Å². The fourth-order valence-electron chi connectivity index (χ4n) is 9.92. The van der Waals surface area contributed by atoms with Gasteiger partial charge in [0.05, 0.1) is 25.4 Å². The van der Waals surface area contributed by atoms with Crippen LogP contribution in [0, 0.1) is 0 Å². The van der Waals surface area contributed by atoms with Crippen LogP contribution in [-0.4, -0.2) is 47.4 Å². The molecule has 73 heavy (non-hydrogen) atoms. The normalized spacial score (nSPS) is 12.9. The minimum Gasteiger partial charge on any atom is -0.465 e. The average molecular weight is 1020 g/mol. The second-order valence-corrected chi connectivity index (χ2v) is 22.1. The first kappa shape index (κ1) is 70.8. The largest absolute Gasteiger partial charge is 0.465 e. The summed E-state index contributed by atoms with van der Waals surface area (Å²) in [6.45, 7) is 4.83. The predicted octanol–water partition coefficient (Wildman–Crippen LogP) is 20.5. The van der Waals surface area contributed by atoms with E-state index in [4.69, 9.17) is 4.74 Å². The van der Waals surface area contributed by atoms with Crippen LogP contribution < -0.4 is 5.32 Å². The molecule has 0 aliphatic heterocycles. The molecule has 0 aliphatic rings. The van der Waals surface area contributed by atoms with Crippen LogP contribution in [0.1, 0.15) is 341 Å². The standard InChI is InChI=1S/C67H125NO5/c1-3-5-7-9-11-13-15-17-19-21-28-31-35-39-43-47-51-55-59-65(70)64(63-69)68-66(71)60-56-52-48-44-40-36-32-29-25-23-22-24-26-30-34-38-42-46-50-54-58-62-73-67(72)61-57-53-49-45-41-37-33-27-20-18-16-14-12-10-8-6-4-2/h12,14,18,20,38,42,50,54,64-65,69-70H,3-11,13,15-17,19,21-37,39-41,43-49,51-53,55-63H2,1-2H3,(H,68,71)/b14-12-,20-18-,42-38-,54-50-. The van der Waals surface area contributed by atoms with Gasteiger partial charge in [0, 0.05) is 12.8 Å². The Kier molecular flexibility index (Phi) is 60.5. The molecule has 0 heterocycles. The highest BCUT2D eigenvalue weighted by molar-refractivity contribution is 5.76. The molecule has 0 rings (SSSR count). The number of hydrogen-bond acceptors (Lipinski definition) is 5. The highest BCUT2D eigenvalue weighted by atomic mass is 16.5. The van der Waals surface area contributed by atoms with E-state index in [-0.39, 0.29) is 18.5 Å². The highest BCUT2D eigenvalue weighted by Crippen LogP contribution is 2.18. The molecule has 6 nitrogen and oxygen atoms in total. The zero-order valence-corrected chi connectivity index (χ0v) is 48.9. The summed E-state index contributed by atoms with van der Waals surface area (Å²) >= 11 is 0. The monoisotopic (exact) mass is 1020 g/mol. The summed E-state index contributed by atoms with van der Waals surface area (Å²) < 4.78 is 5.42. The molecule has 0 bridgehead atoms. The first-order valence-corrected chi connectivity index (χ1v) is 32.4. The number of aliphatic hydroxyl groups excluding tert-OH is 2. The van der Waals surface area contributed by atoms with Crippen LogP contribution >= 0.6 is 0 Å². The summed E-state index contributed by atoms with van der Waals surface area (Å²) in [5.41, 5.74) is 0. The van der Waals surface area contributed by atoms with Crippen LogP contribution in [0.3, 0.4) is 0 Å². The summed E-state index contributed by atoms with van der Waals surface area (Å²) in [5, 5.41) is 23.4. The zero-order valence-electron chi connectivity index (χ0n) is 48.9. The van der Waals surface area contributed by atoms with Gasteiger partial charge in [-0.05, 0) is 77.0 Å². The van der Waals surface area contributed by atoms with Crippen molar-refractivity contribution in [3.05, 3.63) is 48.6 Å². The summed E-state index contributed by atoms with van der Waals surface area (Å²) in [4.78, 5) is 24.6. The molecule has 2 unspecified atom stereocenters. The lowest BCUT2D eigenvalue weighted by molar-refractivity contribution is -0.143. The van der Waals surface area contributed by atoms with Crippen molar-refractivity contribution in [1.29, 1.82) is 0 Å². The molecule has 0 saturated heterocycles. The molecule has 0 radical (unpaired) electrons. The molecule has 0 saturated carbocycles. The second-order valence-electron chi connectivity index (χ2n) is 22.1. The molecule has 0 fully saturated rings. The maximum Gasteiger partial charge on any atom is 0.305 e. The molecule has 0 aromatic rings. The average Bonchev–Trinajstić information content (AvgIpc) is 3.39. The third kappa shape index (κ3) is 58.9. The Bertz CT molecular complexity index is 1230. The van der Waals surface area contributed by atoms with Crippen LogP contribution in [0.4, 0.5) is 0 Å². The fourth-order valence-corrected chi connectivity index (χ4v) is 9.92. The molecule has 1 amide bonds. The van der Waals surface area contributed by atoms with Crippen molar-refractivity contribution in [3.63, 3.8) is 0 Å². The molecule has 0 aromatic carbocycles. The van der Waals surface area contributed by atoms with Gasteiger partial charge in [-0.15, -0.1) is 0 Å². The van der Waals surface area contributed by atoms with E-state index >= 15 is 0 Å². The lowest BCUT2D eigenvalue weighted by Gasteiger charge is -2.22. The van der Waals surface area contributed by atoms with Gasteiger partial charge in [0.1, 0.15) is 0 Å². The Labute approximate surface area is 455 Å². The number of carbonyl (C=O) groups is 2. The minimum atomic E-state index is -0.669. The Hall–Kier alpha value is -2.18. The van der Waals surface area contributed by atoms with Crippen LogP contribution in [-0.2, 0) is 14.3 Å². The van der Waals surface area contributed by atoms with Crippen molar-refractivity contribution in [1.82, 2.24) is 5.32 Å². The number of ether oxygens (including phenoxy) is 1. The number of unbranched alkanes of at least 4 members (excludes halogenated alkanes) is 41. The smallest absolute Gasteiger partial charge is 0.305 e. The van der Waals surface area contributed by atoms with E-state index in [1.807, 2.05) is 0 Å². The number of aliphatic hydroxyl groups is 2. The predicted molar refractivity (Wildman–Crippen MR) is 319 cm³/mol. The van der Waals surface area contributed by atoms with Gasteiger partial charge in [0.15, 0.2) is 0 Å². The Morgan fingerprint density at radius 3 is 1.07 bits per heavy atom. The third-order valence-electron chi connectivity index (χ3n) is 14.9. The Balaban J connectivity index is 3.46. The maximum atomic E-state index is 12.5. The van der Waals surface area contributed by atoms with E-state index < -0.39 is 12.1 Å². The molecule has 6 heteroatoms. The summed E-state index contributed by atoms with van der Waals surface area (Å²) in [5.74, 6) is -0.0807. The van der Waals surface area contributed by atoms with Crippen molar-refractivity contribution in [3.8, 4) is 0 Å². The van der Waals surface area contributed by atoms with Crippen molar-refractivity contribution < 1.29 is 24.5 Å². The molecular weight excluding hydrogens is 899 g/mol. The minimum absolute atomic E-state index is 0.0378. The van der Waals surface area contributed by atoms with Crippen LogP contribution in [0.25, 0.3) is 0 Å². The van der Waals surface area contributed by atoms with Crippen LogP contribution in [0.15, 0.2) is 48.6 Å². The van der Waals surface area contributed by atoms with Gasteiger partial charge in [0.2, 0.25) is 5.91 Å². The third-order valence-corrected chi connectivity index (χ3v) is 14.9. The van der Waals surface area contributed by atoms with Crippen LogP contribution in [0.5, 0.6) is 0 Å². The van der Waals surface area contributed by atoms with Gasteiger partial charge in [-0.25, -0.2) is 0 Å². The molecule has 2 atom stereocenters. The first-order valence-electron chi connectivity index (χ1n) is 32.4. The van der Waals surface area contributed by atoms with Gasteiger partial charge in [0.25, 0.3) is 0 Å². The Morgan fingerprint density at radius 2 is 0.685 bits per heavy atom. The van der Waals surface area contributed by atoms with Gasteiger partial charge < -0.3 is 20.3 Å². The quantitative estimate of drug-likeness (QED) is 0.0320. The van der Waals surface area contributed by atoms with Crippen molar-refractivity contribution in [2.45, 2.75) is 353 Å². The number of allylic oxidation sites excluding steroid dienone is 7. The van der Waals surface area contributed by atoms with E-state index in [9.17, 15) is 19.8 Å². The number of hydrogen-bond donors (Lipinski definition) is 3. The van der Waals surface area contributed by atoms with Gasteiger partial charge in [-0.2, -0.15) is 0 Å². The van der Waals surface area contributed by atoms with Gasteiger partial charge in [-0.3, -0.25) is 9.59 Å². The molecule has 0 aliphatic carbocycles. The van der Waals surface area contributed by atoms with Gasteiger partial charge in [-0.1, -0.05) is 300 Å². The number of nitrogens with one attached hydrogen (secondary N) is 1. The SMILES string of the molecule is CCCCC/C=C\C/C=C\CCCCCCCCCC(=O)OCC/C=C\C/C=C\CCCCCCCCCCCCCCCCC(=O)NC(CO)C(O)CCCCCCCCCCCCCCCCCCCC. The molecule has 0 spiro atoms. The summed E-state index contributed by atoms with van der Waals surface area (Å²) in [6, 6.07) is -0.547. The highest BCUT2D eigenvalue weighted by Gasteiger charge is 2.20. The molecule has 0 aromatic heterocycles. The number of esters is 1. The first-order chi connectivity index (χ1) is 36.0. The summed E-state index contributed by atoms with van der Waals surface area (Å²) in [6.07, 6.45) is 80.0. The molecule has 3 N–H and O–H groups in total. The maximum absolute atomic E-state index is 12.5. The lowest BCUT2D eigenvalue weighted by atomic mass is 10.0. The second kappa shape index (κ2) is 62.4. The van der Waals surface area contributed by atoms with E-state index in [2.05, 4.69) is 67.8 Å². The van der Waals surface area contributed by atoms with Crippen molar-refractivity contribution in [2.75, 3.05) is 13.2 Å². The number of rotatable bonds is 60. The zero-order chi connectivity index (χ0) is 52.9. The molecular formula is C67H125NO5. The van der Waals surface area contributed by atoms with Gasteiger partial charge >= 0.3 is 5.97 Å². The summed E-state index contributed by atoms with van der Waals surface area (Å²) in [7, 11) is 0. The van der Waals surface area contributed by atoms with Crippen molar-refractivity contribution in [2.24, 2.45) is 0 Å². The molecule has 428 valence electrons. The van der Waals surface area contributed by atoms with E-state index in [1.165, 1.54) is 250 Å². The lowest BCUT2D eigenvalue weighted by Crippen LogP contribution is -2.45. The van der Waals surface area contributed by atoms with E-state index in [0.29, 0.717) is 25.9 Å². The van der Waals surface area contributed by atoms with E-state index in [1.54, 1.807) is 0 Å².